The number of nitro groups is 1. The minimum Gasteiger partial charge on any atom is -0.354 e. The molecule has 0 spiro atoms. The number of nitrogens with zero attached hydrogens (tertiary/aromatic N) is 5. The summed E-state index contributed by atoms with van der Waals surface area (Å²) in [5, 5.41) is 18.4. The van der Waals surface area contributed by atoms with Gasteiger partial charge in [0.05, 0.1) is 10.6 Å². The number of aryl methyl sites for hydroxylation is 2. The second-order valence-electron chi connectivity index (χ2n) is 4.43. The minimum absolute atomic E-state index is 0.168. The summed E-state index contributed by atoms with van der Waals surface area (Å²) in [5.41, 5.74) is 1.39. The molecule has 0 fully saturated rings. The van der Waals surface area contributed by atoms with Gasteiger partial charge in [0, 0.05) is 12.2 Å². The van der Waals surface area contributed by atoms with Crippen LogP contribution in [0.5, 0.6) is 0 Å². The molecule has 2 aromatic heterocycles. The maximum atomic E-state index is 11.1. The van der Waals surface area contributed by atoms with Crippen LogP contribution in [0.3, 0.4) is 0 Å². The van der Waals surface area contributed by atoms with E-state index in [9.17, 15) is 10.1 Å². The van der Waals surface area contributed by atoms with Gasteiger partial charge in [0.2, 0.25) is 11.8 Å². The fraction of sp³-hybridized carbons (Fsp3) is 0.417. The van der Waals surface area contributed by atoms with E-state index in [1.807, 2.05) is 26.8 Å². The van der Waals surface area contributed by atoms with Crippen molar-refractivity contribution in [3.63, 3.8) is 0 Å². The third-order valence-corrected chi connectivity index (χ3v) is 2.69. The average Bonchev–Trinajstić information content (AvgIpc) is 2.74. The maximum Gasteiger partial charge on any atom is 0.332 e. The molecular weight excluding hydrogens is 260 g/mol. The molecule has 0 amide bonds. The Morgan fingerprint density at radius 1 is 1.45 bits per heavy atom. The van der Waals surface area contributed by atoms with Gasteiger partial charge in [0.25, 0.3) is 0 Å². The third-order valence-electron chi connectivity index (χ3n) is 2.69. The van der Waals surface area contributed by atoms with Crippen LogP contribution >= 0.6 is 0 Å². The van der Waals surface area contributed by atoms with Crippen LogP contribution in [-0.4, -0.2) is 31.2 Å². The first kappa shape index (κ1) is 13.9. The summed E-state index contributed by atoms with van der Waals surface area (Å²) in [4.78, 5) is 18.8. The van der Waals surface area contributed by atoms with Crippen molar-refractivity contribution in [2.45, 2.75) is 27.2 Å². The van der Waals surface area contributed by atoms with E-state index >= 15 is 0 Å². The highest BCUT2D eigenvalue weighted by molar-refractivity contribution is 5.49. The van der Waals surface area contributed by atoms with E-state index in [1.165, 1.54) is 10.9 Å². The van der Waals surface area contributed by atoms with Crippen molar-refractivity contribution < 1.29 is 4.92 Å². The summed E-state index contributed by atoms with van der Waals surface area (Å²) in [6.45, 7) is 6.37. The van der Waals surface area contributed by atoms with Gasteiger partial charge in [-0.3, -0.25) is 10.1 Å². The Morgan fingerprint density at radius 2 is 2.20 bits per heavy atom. The van der Waals surface area contributed by atoms with Gasteiger partial charge in [-0.1, -0.05) is 6.92 Å². The van der Waals surface area contributed by atoms with Crippen LogP contribution < -0.4 is 5.32 Å². The number of rotatable bonds is 5. The van der Waals surface area contributed by atoms with Gasteiger partial charge in [0.15, 0.2) is 0 Å². The first-order valence-corrected chi connectivity index (χ1v) is 6.32. The van der Waals surface area contributed by atoms with Crippen LogP contribution in [-0.2, 0) is 0 Å². The molecule has 2 heterocycles. The van der Waals surface area contributed by atoms with E-state index in [1.54, 1.807) is 0 Å². The van der Waals surface area contributed by atoms with Gasteiger partial charge in [-0.25, -0.2) is 9.67 Å². The number of aromatic nitrogens is 4. The van der Waals surface area contributed by atoms with Crippen molar-refractivity contribution >= 4 is 11.6 Å². The SMILES string of the molecule is CCCNc1ncc([N+](=O)[O-])c(-n2nc(C)cc2C)n1. The molecule has 106 valence electrons. The van der Waals surface area contributed by atoms with E-state index in [0.29, 0.717) is 12.5 Å². The molecule has 2 rings (SSSR count). The predicted octanol–water partition coefficient (Wildman–Crippen LogP) is 2.01. The van der Waals surface area contributed by atoms with Crippen LogP contribution in [0.15, 0.2) is 12.3 Å². The van der Waals surface area contributed by atoms with Crippen molar-refractivity contribution in [3.05, 3.63) is 33.8 Å². The molecule has 0 saturated heterocycles. The summed E-state index contributed by atoms with van der Waals surface area (Å²) in [7, 11) is 0. The lowest BCUT2D eigenvalue weighted by Crippen LogP contribution is -2.11. The fourth-order valence-corrected chi connectivity index (χ4v) is 1.82. The van der Waals surface area contributed by atoms with Gasteiger partial charge < -0.3 is 5.32 Å². The Bertz CT molecular complexity index is 637. The van der Waals surface area contributed by atoms with Crippen LogP contribution in [0.25, 0.3) is 5.82 Å². The largest absolute Gasteiger partial charge is 0.354 e. The van der Waals surface area contributed by atoms with Crippen LogP contribution in [0.4, 0.5) is 11.6 Å². The molecule has 0 bridgehead atoms. The Morgan fingerprint density at radius 3 is 2.75 bits per heavy atom. The lowest BCUT2D eigenvalue weighted by molar-refractivity contribution is -0.385. The molecule has 8 nitrogen and oxygen atoms in total. The first-order valence-electron chi connectivity index (χ1n) is 6.32. The number of hydrogen-bond acceptors (Lipinski definition) is 6. The highest BCUT2D eigenvalue weighted by Gasteiger charge is 2.21. The van der Waals surface area contributed by atoms with Crippen molar-refractivity contribution in [3.8, 4) is 5.82 Å². The lowest BCUT2D eigenvalue weighted by Gasteiger charge is -2.07. The molecule has 0 aliphatic carbocycles. The molecule has 0 atom stereocenters. The average molecular weight is 276 g/mol. The Kier molecular flexibility index (Phi) is 3.92. The minimum atomic E-state index is -0.505. The monoisotopic (exact) mass is 276 g/mol. The molecule has 20 heavy (non-hydrogen) atoms. The number of nitrogens with one attached hydrogen (secondary N) is 1. The molecule has 0 aliphatic heterocycles. The third kappa shape index (κ3) is 2.73. The zero-order valence-corrected chi connectivity index (χ0v) is 11.6. The Hall–Kier alpha value is -2.51. The Labute approximate surface area is 116 Å². The Balaban J connectivity index is 2.52. The van der Waals surface area contributed by atoms with Gasteiger partial charge in [0.1, 0.15) is 6.20 Å². The molecule has 2 aromatic rings. The van der Waals surface area contributed by atoms with Crippen molar-refractivity contribution in [1.29, 1.82) is 0 Å². The zero-order chi connectivity index (χ0) is 14.7. The molecule has 0 unspecified atom stereocenters. The molecule has 0 aliphatic rings. The molecular formula is C12H16N6O2. The van der Waals surface area contributed by atoms with Gasteiger partial charge in [-0.05, 0) is 26.3 Å². The fourth-order valence-electron chi connectivity index (χ4n) is 1.82. The van der Waals surface area contributed by atoms with Crippen LogP contribution in [0, 0.1) is 24.0 Å². The summed E-state index contributed by atoms with van der Waals surface area (Å²) < 4.78 is 1.46. The quantitative estimate of drug-likeness (QED) is 0.662. The van der Waals surface area contributed by atoms with E-state index in [-0.39, 0.29) is 11.5 Å². The second-order valence-corrected chi connectivity index (χ2v) is 4.43. The smallest absolute Gasteiger partial charge is 0.332 e. The standard InChI is InChI=1S/C12H16N6O2/c1-4-5-13-12-14-7-10(18(19)20)11(15-12)17-9(3)6-8(2)16-17/h6-7H,4-5H2,1-3H3,(H,13,14,15). The lowest BCUT2D eigenvalue weighted by atomic mass is 10.4. The summed E-state index contributed by atoms with van der Waals surface area (Å²) in [5.74, 6) is 0.536. The van der Waals surface area contributed by atoms with E-state index < -0.39 is 4.92 Å². The molecule has 1 N–H and O–H groups in total. The molecule has 0 aromatic carbocycles. The van der Waals surface area contributed by atoms with Crippen LogP contribution in [0.2, 0.25) is 0 Å². The number of anilines is 1. The molecule has 0 saturated carbocycles. The predicted molar refractivity (Wildman–Crippen MR) is 74.1 cm³/mol. The first-order chi connectivity index (χ1) is 9.52. The van der Waals surface area contributed by atoms with Gasteiger partial charge in [-0.15, -0.1) is 0 Å². The van der Waals surface area contributed by atoms with Crippen molar-refractivity contribution in [2.75, 3.05) is 11.9 Å². The molecule has 0 radical (unpaired) electrons. The van der Waals surface area contributed by atoms with E-state index in [0.717, 1.165) is 17.8 Å². The molecule has 8 heteroatoms. The topological polar surface area (TPSA) is 98.8 Å². The van der Waals surface area contributed by atoms with Gasteiger partial charge >= 0.3 is 5.69 Å². The van der Waals surface area contributed by atoms with Crippen molar-refractivity contribution in [2.24, 2.45) is 0 Å². The summed E-state index contributed by atoms with van der Waals surface area (Å²) >= 11 is 0. The second kappa shape index (κ2) is 5.64. The highest BCUT2D eigenvalue weighted by atomic mass is 16.6. The maximum absolute atomic E-state index is 11.1. The van der Waals surface area contributed by atoms with Crippen molar-refractivity contribution in [1.82, 2.24) is 19.7 Å². The summed E-state index contributed by atoms with van der Waals surface area (Å²) in [6, 6.07) is 1.84. The van der Waals surface area contributed by atoms with Crippen LogP contribution in [0.1, 0.15) is 24.7 Å². The highest BCUT2D eigenvalue weighted by Crippen LogP contribution is 2.22. The normalized spacial score (nSPS) is 10.6. The van der Waals surface area contributed by atoms with E-state index in [4.69, 9.17) is 0 Å². The van der Waals surface area contributed by atoms with E-state index in [2.05, 4.69) is 20.4 Å². The van der Waals surface area contributed by atoms with Gasteiger partial charge in [-0.2, -0.15) is 10.1 Å². The zero-order valence-electron chi connectivity index (χ0n) is 11.6. The number of hydrogen-bond donors (Lipinski definition) is 1. The summed E-state index contributed by atoms with van der Waals surface area (Å²) in [6.07, 6.45) is 2.12.